The highest BCUT2D eigenvalue weighted by Crippen LogP contribution is 2.13. The summed E-state index contributed by atoms with van der Waals surface area (Å²) >= 11 is 0. The van der Waals surface area contributed by atoms with Crippen molar-refractivity contribution in [3.05, 3.63) is 46.8 Å². The van der Waals surface area contributed by atoms with Gasteiger partial charge in [-0.05, 0) is 51.3 Å². The van der Waals surface area contributed by atoms with Gasteiger partial charge in [0.15, 0.2) is 5.83 Å². The van der Waals surface area contributed by atoms with Crippen LogP contribution in [0.1, 0.15) is 45.7 Å². The van der Waals surface area contributed by atoms with Gasteiger partial charge in [-0.25, -0.2) is 4.39 Å². The van der Waals surface area contributed by atoms with Crippen LogP contribution in [-0.4, -0.2) is 11.5 Å². The Morgan fingerprint density at radius 1 is 1.24 bits per heavy atom. The lowest BCUT2D eigenvalue weighted by Crippen LogP contribution is -2.23. The van der Waals surface area contributed by atoms with Crippen LogP contribution in [0.25, 0.3) is 0 Å². The van der Waals surface area contributed by atoms with Gasteiger partial charge in [-0.2, -0.15) is 0 Å². The van der Waals surface area contributed by atoms with Gasteiger partial charge in [-0.15, -0.1) is 0 Å². The molecule has 0 aromatic heterocycles. The molecule has 1 aromatic rings. The summed E-state index contributed by atoms with van der Waals surface area (Å²) in [5.41, 5.74) is 2.12. The average Bonchev–Trinajstić information content (AvgIpc) is 2.41. The second kappa shape index (κ2) is 7.36. The van der Waals surface area contributed by atoms with Crippen LogP contribution in [-0.2, 0) is 22.7 Å². The minimum atomic E-state index is -0.720. The molecule has 4 heteroatoms. The number of amides is 1. The Balaban J connectivity index is 2.61. The Labute approximate surface area is 126 Å². The first kappa shape index (κ1) is 17.4. The molecule has 1 aromatic carbocycles. The highest BCUT2D eigenvalue weighted by molar-refractivity contribution is 5.91. The van der Waals surface area contributed by atoms with Crippen LogP contribution in [0.5, 0.6) is 0 Å². The summed E-state index contributed by atoms with van der Waals surface area (Å²) in [6.45, 7) is 9.94. The normalized spacial score (nSPS) is 11.1. The van der Waals surface area contributed by atoms with E-state index >= 15 is 0 Å². The first-order valence-electron chi connectivity index (χ1n) is 7.02. The third-order valence-electron chi connectivity index (χ3n) is 2.75. The van der Waals surface area contributed by atoms with Crippen molar-refractivity contribution in [2.75, 3.05) is 0 Å². The number of nitrogens with one attached hydrogen (secondary N) is 1. The fraction of sp³-hybridized carbons (Fsp3) is 0.471. The summed E-state index contributed by atoms with van der Waals surface area (Å²) in [7, 11) is 0. The van der Waals surface area contributed by atoms with Crippen molar-refractivity contribution in [2.45, 2.75) is 53.4 Å². The molecule has 0 aliphatic rings. The van der Waals surface area contributed by atoms with Crippen molar-refractivity contribution in [1.82, 2.24) is 5.32 Å². The minimum Gasteiger partial charge on any atom is -0.371 e. The fourth-order valence-electron chi connectivity index (χ4n) is 1.62. The van der Waals surface area contributed by atoms with Gasteiger partial charge < -0.3 is 10.1 Å². The quantitative estimate of drug-likeness (QED) is 0.837. The molecule has 0 heterocycles. The number of hydrogen-bond donors (Lipinski definition) is 1. The van der Waals surface area contributed by atoms with Gasteiger partial charge in [0.1, 0.15) is 0 Å². The lowest BCUT2D eigenvalue weighted by atomic mass is 10.1. The summed E-state index contributed by atoms with van der Waals surface area (Å²) in [4.78, 5) is 11.5. The van der Waals surface area contributed by atoms with Crippen molar-refractivity contribution in [3.63, 3.8) is 0 Å². The smallest absolute Gasteiger partial charge is 0.280 e. The van der Waals surface area contributed by atoms with Crippen LogP contribution in [0.3, 0.4) is 0 Å². The average molecular weight is 293 g/mol. The third-order valence-corrected chi connectivity index (χ3v) is 2.75. The topological polar surface area (TPSA) is 38.3 Å². The van der Waals surface area contributed by atoms with E-state index in [1.54, 1.807) is 13.8 Å². The highest BCUT2D eigenvalue weighted by Gasteiger charge is 2.11. The van der Waals surface area contributed by atoms with Gasteiger partial charge in [0, 0.05) is 6.54 Å². The number of ether oxygens (including phenoxy) is 1. The molecule has 0 aliphatic heterocycles. The second-order valence-electron chi connectivity index (χ2n) is 6.22. The molecule has 0 atom stereocenters. The molecule has 0 fully saturated rings. The van der Waals surface area contributed by atoms with Gasteiger partial charge in [0.2, 0.25) is 0 Å². The molecule has 1 N–H and O–H groups in total. The molecule has 3 nitrogen and oxygen atoms in total. The lowest BCUT2D eigenvalue weighted by molar-refractivity contribution is -0.119. The Hall–Kier alpha value is -1.68. The maximum absolute atomic E-state index is 13.4. The molecule has 0 bridgehead atoms. The summed E-state index contributed by atoms with van der Waals surface area (Å²) in [6, 6.07) is 7.71. The van der Waals surface area contributed by atoms with Crippen LogP contribution in [0.4, 0.5) is 4.39 Å². The first-order valence-corrected chi connectivity index (χ1v) is 7.02. The Morgan fingerprint density at radius 2 is 1.86 bits per heavy atom. The number of allylic oxidation sites excluding steroid dienone is 1. The molecule has 116 valence electrons. The maximum atomic E-state index is 13.4. The molecule has 0 aliphatic carbocycles. The number of rotatable bonds is 5. The SMILES string of the molecule is CC(C)=C(F)C(=O)NCc1cccc(COC(C)(C)C)c1. The van der Waals surface area contributed by atoms with E-state index in [-0.39, 0.29) is 5.60 Å². The first-order chi connectivity index (χ1) is 9.69. The number of carbonyl (C=O) groups is 1. The summed E-state index contributed by atoms with van der Waals surface area (Å²) in [5.74, 6) is -1.39. The zero-order valence-corrected chi connectivity index (χ0v) is 13.4. The highest BCUT2D eigenvalue weighted by atomic mass is 19.1. The molecule has 0 saturated heterocycles. The van der Waals surface area contributed by atoms with Crippen molar-refractivity contribution in [2.24, 2.45) is 0 Å². The standard InChI is InChI=1S/C17H24FNO2/c1-12(2)15(18)16(20)19-10-13-7-6-8-14(9-13)11-21-17(3,4)5/h6-9H,10-11H2,1-5H3,(H,19,20). The zero-order valence-electron chi connectivity index (χ0n) is 13.4. The Morgan fingerprint density at radius 3 is 2.43 bits per heavy atom. The predicted octanol–water partition coefficient (Wildman–Crippen LogP) is 3.88. The van der Waals surface area contributed by atoms with Crippen LogP contribution in [0, 0.1) is 0 Å². The number of halogens is 1. The summed E-state index contributed by atoms with van der Waals surface area (Å²) < 4.78 is 19.1. The molecular weight excluding hydrogens is 269 g/mol. The van der Waals surface area contributed by atoms with Gasteiger partial charge >= 0.3 is 0 Å². The van der Waals surface area contributed by atoms with Gasteiger partial charge in [0.05, 0.1) is 12.2 Å². The van der Waals surface area contributed by atoms with Crippen molar-refractivity contribution < 1.29 is 13.9 Å². The van der Waals surface area contributed by atoms with E-state index in [1.807, 2.05) is 45.0 Å². The Kier molecular flexibility index (Phi) is 6.09. The number of benzene rings is 1. The largest absolute Gasteiger partial charge is 0.371 e. The molecular formula is C17H24FNO2. The second-order valence-corrected chi connectivity index (χ2v) is 6.22. The van der Waals surface area contributed by atoms with E-state index < -0.39 is 11.7 Å². The fourth-order valence-corrected chi connectivity index (χ4v) is 1.62. The van der Waals surface area contributed by atoms with Gasteiger partial charge in [-0.3, -0.25) is 4.79 Å². The van der Waals surface area contributed by atoms with E-state index in [0.29, 0.717) is 18.7 Å². The van der Waals surface area contributed by atoms with E-state index in [9.17, 15) is 9.18 Å². The van der Waals surface area contributed by atoms with Gasteiger partial charge in [0.25, 0.3) is 5.91 Å². The zero-order chi connectivity index (χ0) is 16.0. The molecule has 0 radical (unpaired) electrons. The van der Waals surface area contributed by atoms with Crippen LogP contribution >= 0.6 is 0 Å². The monoisotopic (exact) mass is 293 g/mol. The minimum absolute atomic E-state index is 0.198. The maximum Gasteiger partial charge on any atom is 0.280 e. The van der Waals surface area contributed by atoms with E-state index in [4.69, 9.17) is 4.74 Å². The molecule has 0 unspecified atom stereocenters. The van der Waals surface area contributed by atoms with Crippen LogP contribution in [0.15, 0.2) is 35.7 Å². The van der Waals surface area contributed by atoms with E-state index in [0.717, 1.165) is 11.1 Å². The van der Waals surface area contributed by atoms with Crippen LogP contribution in [0.2, 0.25) is 0 Å². The number of hydrogen-bond acceptors (Lipinski definition) is 2. The number of carbonyl (C=O) groups excluding carboxylic acids is 1. The van der Waals surface area contributed by atoms with Crippen LogP contribution < -0.4 is 5.32 Å². The summed E-state index contributed by atoms with van der Waals surface area (Å²) in [5, 5.41) is 2.57. The third kappa shape index (κ3) is 6.54. The molecule has 1 amide bonds. The molecule has 0 saturated carbocycles. The van der Waals surface area contributed by atoms with Gasteiger partial charge in [-0.1, -0.05) is 24.3 Å². The molecule has 1 rings (SSSR count). The lowest BCUT2D eigenvalue weighted by Gasteiger charge is -2.19. The van der Waals surface area contributed by atoms with E-state index in [2.05, 4.69) is 5.32 Å². The van der Waals surface area contributed by atoms with E-state index in [1.165, 1.54) is 0 Å². The summed E-state index contributed by atoms with van der Waals surface area (Å²) in [6.07, 6.45) is 0. The predicted molar refractivity (Wildman–Crippen MR) is 82.3 cm³/mol. The van der Waals surface area contributed by atoms with Crippen molar-refractivity contribution in [3.8, 4) is 0 Å². The molecule has 21 heavy (non-hydrogen) atoms. The molecule has 0 spiro atoms. The van der Waals surface area contributed by atoms with Crippen molar-refractivity contribution in [1.29, 1.82) is 0 Å². The Bertz CT molecular complexity index is 526. The van der Waals surface area contributed by atoms with Crippen molar-refractivity contribution >= 4 is 5.91 Å².